The maximum Gasteiger partial charge on any atom is 0.274 e. The van der Waals surface area contributed by atoms with Crippen molar-refractivity contribution in [1.29, 1.82) is 0 Å². The van der Waals surface area contributed by atoms with Crippen molar-refractivity contribution in [3.8, 4) is 16.9 Å². The van der Waals surface area contributed by atoms with Crippen LogP contribution in [0, 0.1) is 18.6 Å². The van der Waals surface area contributed by atoms with Gasteiger partial charge in [0.05, 0.1) is 24.4 Å². The molecule has 0 spiro atoms. The van der Waals surface area contributed by atoms with E-state index in [4.69, 9.17) is 4.74 Å². The summed E-state index contributed by atoms with van der Waals surface area (Å²) in [6.45, 7) is 5.47. The predicted molar refractivity (Wildman–Crippen MR) is 115 cm³/mol. The van der Waals surface area contributed by atoms with Gasteiger partial charge >= 0.3 is 0 Å². The van der Waals surface area contributed by atoms with Gasteiger partial charge in [0.25, 0.3) is 5.56 Å². The van der Waals surface area contributed by atoms with E-state index in [1.807, 2.05) is 13.8 Å². The smallest absolute Gasteiger partial charge is 0.274 e. The van der Waals surface area contributed by atoms with Crippen LogP contribution in [0.2, 0.25) is 0 Å². The van der Waals surface area contributed by atoms with Gasteiger partial charge in [0, 0.05) is 11.1 Å². The highest BCUT2D eigenvalue weighted by Gasteiger charge is 2.20. The van der Waals surface area contributed by atoms with E-state index in [1.165, 1.54) is 30.0 Å². The van der Waals surface area contributed by atoms with Gasteiger partial charge in [0.15, 0.2) is 11.6 Å². The number of hydrogen-bond donors (Lipinski definition) is 0. The third-order valence-electron chi connectivity index (χ3n) is 4.80. The van der Waals surface area contributed by atoms with Crippen molar-refractivity contribution >= 4 is 6.08 Å². The fourth-order valence-corrected chi connectivity index (χ4v) is 3.37. The van der Waals surface area contributed by atoms with Crippen LogP contribution in [0.1, 0.15) is 36.7 Å². The van der Waals surface area contributed by atoms with E-state index in [0.717, 1.165) is 5.56 Å². The van der Waals surface area contributed by atoms with Gasteiger partial charge < -0.3 is 4.74 Å². The van der Waals surface area contributed by atoms with Crippen LogP contribution in [0.3, 0.4) is 0 Å². The first kappa shape index (κ1) is 21.4. The summed E-state index contributed by atoms with van der Waals surface area (Å²) in [5.41, 5.74) is 1.99. The summed E-state index contributed by atoms with van der Waals surface area (Å²) in [6.07, 6.45) is 3.87. The summed E-state index contributed by atoms with van der Waals surface area (Å²) in [4.78, 5) is 13.2. The Hall–Kier alpha value is -3.28. The zero-order valence-corrected chi connectivity index (χ0v) is 17.4. The zero-order valence-electron chi connectivity index (χ0n) is 17.4. The molecule has 1 aromatic heterocycles. The number of halogens is 2. The Morgan fingerprint density at radius 1 is 1.17 bits per heavy atom. The first-order chi connectivity index (χ1) is 14.3. The molecule has 0 saturated heterocycles. The molecule has 1 heterocycles. The van der Waals surface area contributed by atoms with Crippen molar-refractivity contribution in [2.24, 2.45) is 0 Å². The van der Waals surface area contributed by atoms with E-state index < -0.39 is 5.82 Å². The summed E-state index contributed by atoms with van der Waals surface area (Å²) in [6, 6.07) is 10.9. The van der Waals surface area contributed by atoms with Crippen LogP contribution in [-0.2, 0) is 6.42 Å². The summed E-state index contributed by atoms with van der Waals surface area (Å²) < 4.78 is 34.9. The maximum atomic E-state index is 15.0. The third-order valence-corrected chi connectivity index (χ3v) is 4.80. The second kappa shape index (κ2) is 9.03. The molecule has 0 atom stereocenters. The molecule has 3 rings (SSSR count). The molecule has 30 heavy (non-hydrogen) atoms. The van der Waals surface area contributed by atoms with Crippen LogP contribution in [0.4, 0.5) is 8.78 Å². The van der Waals surface area contributed by atoms with Crippen molar-refractivity contribution in [2.45, 2.75) is 33.2 Å². The molecule has 0 saturated carbocycles. The van der Waals surface area contributed by atoms with Crippen LogP contribution in [-0.4, -0.2) is 16.9 Å². The average Bonchev–Trinajstić information content (AvgIpc) is 2.71. The highest BCUT2D eigenvalue weighted by Crippen LogP contribution is 2.32. The molecule has 0 aliphatic heterocycles. The molecule has 0 aliphatic carbocycles. The zero-order chi connectivity index (χ0) is 21.8. The molecule has 0 N–H and O–H groups in total. The number of allylic oxidation sites excluding steroid dienone is 1. The van der Waals surface area contributed by atoms with Crippen molar-refractivity contribution in [3.05, 3.63) is 87.3 Å². The summed E-state index contributed by atoms with van der Waals surface area (Å²) in [5, 5.41) is 4.40. The number of nitrogens with zero attached hydrogens (tertiary/aromatic N) is 2. The lowest BCUT2D eigenvalue weighted by Crippen LogP contribution is -2.28. The third kappa shape index (κ3) is 4.32. The first-order valence-corrected chi connectivity index (χ1v) is 9.70. The number of aryl methyl sites for hydroxylation is 1. The Morgan fingerprint density at radius 3 is 2.57 bits per heavy atom. The molecule has 0 radical (unpaired) electrons. The normalized spacial score (nSPS) is 11.4. The second-order valence-corrected chi connectivity index (χ2v) is 7.28. The van der Waals surface area contributed by atoms with Gasteiger partial charge in [0.1, 0.15) is 5.82 Å². The largest absolute Gasteiger partial charge is 0.494 e. The van der Waals surface area contributed by atoms with Gasteiger partial charge in [-0.05, 0) is 51.0 Å². The van der Waals surface area contributed by atoms with E-state index in [2.05, 4.69) is 5.10 Å². The van der Waals surface area contributed by atoms with Crippen LogP contribution in [0.5, 0.6) is 5.75 Å². The molecule has 3 aromatic rings. The number of hydrogen-bond acceptors (Lipinski definition) is 3. The van der Waals surface area contributed by atoms with E-state index in [9.17, 15) is 9.18 Å². The predicted octanol–water partition coefficient (Wildman–Crippen LogP) is 5.34. The van der Waals surface area contributed by atoms with Crippen LogP contribution in [0.15, 0.2) is 53.3 Å². The minimum absolute atomic E-state index is 0.0922. The Bertz CT molecular complexity index is 1150. The number of rotatable bonds is 6. The summed E-state index contributed by atoms with van der Waals surface area (Å²) >= 11 is 0. The van der Waals surface area contributed by atoms with Crippen LogP contribution < -0.4 is 10.3 Å². The van der Waals surface area contributed by atoms with Crippen molar-refractivity contribution in [1.82, 2.24) is 9.78 Å². The highest BCUT2D eigenvalue weighted by molar-refractivity contribution is 5.77. The minimum Gasteiger partial charge on any atom is -0.494 e. The number of benzene rings is 2. The SMILES string of the molecule is COc1cccc(-c2c(C)nn(C(C)C)c(=O)c2/C=C/Cc2cccc(F)c2)c1F. The molecular weight excluding hydrogens is 386 g/mol. The number of aromatic nitrogens is 2. The van der Waals surface area contributed by atoms with Gasteiger partial charge in [-0.15, -0.1) is 0 Å². The van der Waals surface area contributed by atoms with Gasteiger partial charge in [0.2, 0.25) is 0 Å². The van der Waals surface area contributed by atoms with Gasteiger partial charge in [-0.3, -0.25) is 4.79 Å². The summed E-state index contributed by atoms with van der Waals surface area (Å²) in [7, 11) is 1.39. The van der Waals surface area contributed by atoms with Gasteiger partial charge in [-0.1, -0.05) is 36.4 Å². The monoisotopic (exact) mass is 410 g/mol. The molecule has 0 aliphatic rings. The lowest BCUT2D eigenvalue weighted by atomic mass is 9.97. The Balaban J connectivity index is 2.16. The molecule has 0 fully saturated rings. The molecule has 0 amide bonds. The maximum absolute atomic E-state index is 15.0. The van der Waals surface area contributed by atoms with Crippen molar-refractivity contribution in [3.63, 3.8) is 0 Å². The van der Waals surface area contributed by atoms with Crippen molar-refractivity contribution < 1.29 is 13.5 Å². The lowest BCUT2D eigenvalue weighted by Gasteiger charge is -2.16. The fourth-order valence-electron chi connectivity index (χ4n) is 3.37. The number of methoxy groups -OCH3 is 1. The van der Waals surface area contributed by atoms with Crippen molar-refractivity contribution in [2.75, 3.05) is 7.11 Å². The van der Waals surface area contributed by atoms with Gasteiger partial charge in [-0.25, -0.2) is 13.5 Å². The molecule has 6 heteroatoms. The quantitative estimate of drug-likeness (QED) is 0.551. The van der Waals surface area contributed by atoms with E-state index in [0.29, 0.717) is 23.2 Å². The Morgan fingerprint density at radius 2 is 1.90 bits per heavy atom. The molecular formula is C24H24F2N2O2. The number of ether oxygens (including phenoxy) is 1. The molecule has 0 unspecified atom stereocenters. The molecule has 4 nitrogen and oxygen atoms in total. The second-order valence-electron chi connectivity index (χ2n) is 7.28. The Kier molecular flexibility index (Phi) is 6.45. The Labute approximate surface area is 174 Å². The topological polar surface area (TPSA) is 44.1 Å². The standard InChI is InChI=1S/C24H24F2N2O2/c1-15(2)28-24(29)20(12-6-9-17-8-5-10-18(25)14-17)22(16(3)27-28)19-11-7-13-21(30-4)23(19)26/h5-8,10-15H,9H2,1-4H3/b12-6+. The van der Waals surface area contributed by atoms with Crippen LogP contribution >= 0.6 is 0 Å². The van der Waals surface area contributed by atoms with Gasteiger partial charge in [-0.2, -0.15) is 5.10 Å². The minimum atomic E-state index is -0.550. The molecule has 156 valence electrons. The van der Waals surface area contributed by atoms with E-state index >= 15 is 4.39 Å². The molecule has 0 bridgehead atoms. The fraction of sp³-hybridized carbons (Fsp3) is 0.250. The molecule has 2 aromatic carbocycles. The average molecular weight is 410 g/mol. The lowest BCUT2D eigenvalue weighted by molar-refractivity contribution is 0.387. The van der Waals surface area contributed by atoms with E-state index in [-0.39, 0.29) is 28.7 Å². The van der Waals surface area contributed by atoms with E-state index in [1.54, 1.807) is 43.3 Å². The first-order valence-electron chi connectivity index (χ1n) is 9.70. The van der Waals surface area contributed by atoms with Crippen LogP contribution in [0.25, 0.3) is 17.2 Å². The highest BCUT2D eigenvalue weighted by atomic mass is 19.1. The summed E-state index contributed by atoms with van der Waals surface area (Å²) in [5.74, 6) is -0.775.